The second-order valence-corrected chi connectivity index (χ2v) is 6.88. The van der Waals surface area contributed by atoms with Gasteiger partial charge in [-0.05, 0) is 57.2 Å². The van der Waals surface area contributed by atoms with Gasteiger partial charge in [0.2, 0.25) is 0 Å². The van der Waals surface area contributed by atoms with Gasteiger partial charge in [0.15, 0.2) is 0 Å². The quantitative estimate of drug-likeness (QED) is 0.510. The van der Waals surface area contributed by atoms with Gasteiger partial charge in [0.1, 0.15) is 5.82 Å². The van der Waals surface area contributed by atoms with E-state index in [4.69, 9.17) is 0 Å². The van der Waals surface area contributed by atoms with Gasteiger partial charge in [-0.25, -0.2) is 4.98 Å². The van der Waals surface area contributed by atoms with Crippen LogP contribution in [-0.2, 0) is 6.42 Å². The Labute approximate surface area is 160 Å². The summed E-state index contributed by atoms with van der Waals surface area (Å²) in [6, 6.07) is 11.8. The van der Waals surface area contributed by atoms with Crippen molar-refractivity contribution in [2.75, 3.05) is 39.0 Å². The van der Waals surface area contributed by atoms with Crippen molar-refractivity contribution in [3.05, 3.63) is 59.9 Å². The van der Waals surface area contributed by atoms with E-state index in [-0.39, 0.29) is 5.91 Å². The number of hydrogen-bond donors (Lipinski definition) is 3. The third-order valence-electron chi connectivity index (χ3n) is 4.47. The van der Waals surface area contributed by atoms with E-state index in [1.807, 2.05) is 20.2 Å². The van der Waals surface area contributed by atoms with Crippen LogP contribution in [0.5, 0.6) is 0 Å². The summed E-state index contributed by atoms with van der Waals surface area (Å²) in [5.74, 6) is 0.659. The summed E-state index contributed by atoms with van der Waals surface area (Å²) in [6.45, 7) is 2.38. The maximum atomic E-state index is 12.3. The molecule has 2 heterocycles. The van der Waals surface area contributed by atoms with Crippen LogP contribution < -0.4 is 10.6 Å². The second kappa shape index (κ2) is 9.19. The topological polar surface area (TPSA) is 73.1 Å². The number of aromatic nitrogens is 2. The molecule has 27 heavy (non-hydrogen) atoms. The molecule has 1 amide bonds. The summed E-state index contributed by atoms with van der Waals surface area (Å²) in [4.78, 5) is 22.0. The minimum atomic E-state index is -0.0594. The molecule has 3 aromatic rings. The Morgan fingerprint density at radius 3 is 2.89 bits per heavy atom. The number of rotatable bonds is 9. The molecule has 6 nitrogen and oxygen atoms in total. The molecule has 0 bridgehead atoms. The highest BCUT2D eigenvalue weighted by Crippen LogP contribution is 2.18. The molecular formula is C21H27N5O. The monoisotopic (exact) mass is 365 g/mol. The summed E-state index contributed by atoms with van der Waals surface area (Å²) in [7, 11) is 4.05. The Balaban J connectivity index is 1.51. The van der Waals surface area contributed by atoms with E-state index < -0.39 is 0 Å². The predicted octanol–water partition coefficient (Wildman–Crippen LogP) is 2.90. The van der Waals surface area contributed by atoms with Crippen molar-refractivity contribution in [1.82, 2.24) is 20.2 Å². The molecule has 0 aliphatic carbocycles. The number of pyridine rings is 1. The molecule has 142 valence electrons. The van der Waals surface area contributed by atoms with Gasteiger partial charge in [0.05, 0.1) is 0 Å². The number of nitrogens with zero attached hydrogens (tertiary/aromatic N) is 2. The minimum Gasteiger partial charge on any atom is -0.370 e. The van der Waals surface area contributed by atoms with E-state index in [1.165, 1.54) is 10.9 Å². The SMILES string of the molecule is CN(C)CCCNC(=O)c1ccnc(NCCc2c[nH]c3ccccc23)c1. The third kappa shape index (κ3) is 5.31. The van der Waals surface area contributed by atoms with Crippen molar-refractivity contribution in [3.63, 3.8) is 0 Å². The lowest BCUT2D eigenvalue weighted by molar-refractivity contribution is 0.0952. The van der Waals surface area contributed by atoms with Crippen molar-refractivity contribution < 1.29 is 4.79 Å². The zero-order valence-electron chi connectivity index (χ0n) is 16.0. The first-order chi connectivity index (χ1) is 13.1. The predicted molar refractivity (Wildman–Crippen MR) is 110 cm³/mol. The molecule has 2 aromatic heterocycles. The van der Waals surface area contributed by atoms with Crippen LogP contribution in [0.25, 0.3) is 10.9 Å². The van der Waals surface area contributed by atoms with Gasteiger partial charge in [0, 0.05) is 41.9 Å². The maximum absolute atomic E-state index is 12.3. The van der Waals surface area contributed by atoms with Gasteiger partial charge in [-0.1, -0.05) is 18.2 Å². The molecule has 0 saturated heterocycles. The highest BCUT2D eigenvalue weighted by Gasteiger charge is 2.07. The first-order valence-corrected chi connectivity index (χ1v) is 9.31. The molecule has 0 fully saturated rings. The molecule has 0 aliphatic heterocycles. The Hall–Kier alpha value is -2.86. The van der Waals surface area contributed by atoms with Crippen LogP contribution in [0.15, 0.2) is 48.8 Å². The standard InChI is InChI=1S/C21H27N5O/c1-26(2)13-5-10-24-21(27)16-8-11-22-20(14-16)23-12-9-17-15-25-19-7-4-3-6-18(17)19/h3-4,6-8,11,14-15,25H,5,9-10,12-13H2,1-2H3,(H,22,23)(H,24,27). The largest absolute Gasteiger partial charge is 0.370 e. The molecule has 3 N–H and O–H groups in total. The Kier molecular flexibility index (Phi) is 6.44. The van der Waals surface area contributed by atoms with Crippen molar-refractivity contribution in [3.8, 4) is 0 Å². The van der Waals surface area contributed by atoms with Crippen LogP contribution in [-0.4, -0.2) is 54.5 Å². The summed E-state index contributed by atoms with van der Waals surface area (Å²) in [5.41, 5.74) is 3.05. The lowest BCUT2D eigenvalue weighted by atomic mass is 10.1. The fourth-order valence-corrected chi connectivity index (χ4v) is 3.03. The third-order valence-corrected chi connectivity index (χ3v) is 4.47. The highest BCUT2D eigenvalue weighted by molar-refractivity contribution is 5.94. The van der Waals surface area contributed by atoms with Crippen molar-refractivity contribution in [2.45, 2.75) is 12.8 Å². The minimum absolute atomic E-state index is 0.0594. The van der Waals surface area contributed by atoms with E-state index >= 15 is 0 Å². The van der Waals surface area contributed by atoms with Gasteiger partial charge in [-0.2, -0.15) is 0 Å². The number of para-hydroxylation sites is 1. The average molecular weight is 365 g/mol. The average Bonchev–Trinajstić information content (AvgIpc) is 3.08. The van der Waals surface area contributed by atoms with Crippen molar-refractivity contribution in [1.29, 1.82) is 0 Å². The summed E-state index contributed by atoms with van der Waals surface area (Å²) >= 11 is 0. The fraction of sp³-hybridized carbons (Fsp3) is 0.333. The maximum Gasteiger partial charge on any atom is 0.251 e. The second-order valence-electron chi connectivity index (χ2n) is 6.88. The number of benzene rings is 1. The van der Waals surface area contributed by atoms with Gasteiger partial charge in [-0.3, -0.25) is 4.79 Å². The summed E-state index contributed by atoms with van der Waals surface area (Å²) in [6.07, 6.45) is 5.53. The number of hydrogen-bond acceptors (Lipinski definition) is 4. The molecule has 0 unspecified atom stereocenters. The van der Waals surface area contributed by atoms with Gasteiger partial charge in [-0.15, -0.1) is 0 Å². The summed E-state index contributed by atoms with van der Waals surface area (Å²) in [5, 5.41) is 7.52. The number of amides is 1. The van der Waals surface area contributed by atoms with Gasteiger partial charge in [0.25, 0.3) is 5.91 Å². The van der Waals surface area contributed by atoms with Crippen LogP contribution in [0.4, 0.5) is 5.82 Å². The Morgan fingerprint density at radius 1 is 1.19 bits per heavy atom. The first-order valence-electron chi connectivity index (χ1n) is 9.31. The Bertz CT molecular complexity index is 887. The molecule has 3 rings (SSSR count). The smallest absolute Gasteiger partial charge is 0.251 e. The highest BCUT2D eigenvalue weighted by atomic mass is 16.1. The van der Waals surface area contributed by atoms with Crippen LogP contribution in [0.3, 0.4) is 0 Å². The van der Waals surface area contributed by atoms with E-state index in [0.29, 0.717) is 12.1 Å². The number of carbonyl (C=O) groups is 1. The number of anilines is 1. The van der Waals surface area contributed by atoms with Crippen LogP contribution in [0, 0.1) is 0 Å². The lowest BCUT2D eigenvalue weighted by Crippen LogP contribution is -2.27. The zero-order valence-corrected chi connectivity index (χ0v) is 16.0. The van der Waals surface area contributed by atoms with Crippen LogP contribution in [0.2, 0.25) is 0 Å². The lowest BCUT2D eigenvalue weighted by Gasteiger charge is -2.10. The zero-order chi connectivity index (χ0) is 19.1. The van der Waals surface area contributed by atoms with Crippen molar-refractivity contribution >= 4 is 22.6 Å². The van der Waals surface area contributed by atoms with E-state index in [9.17, 15) is 4.79 Å². The number of carbonyl (C=O) groups excluding carboxylic acids is 1. The van der Waals surface area contributed by atoms with Crippen LogP contribution in [0.1, 0.15) is 22.3 Å². The number of H-pyrrole nitrogens is 1. The van der Waals surface area contributed by atoms with E-state index in [2.05, 4.69) is 49.9 Å². The molecule has 6 heteroatoms. The number of fused-ring (bicyclic) bond motifs is 1. The molecule has 0 radical (unpaired) electrons. The van der Waals surface area contributed by atoms with E-state index in [1.54, 1.807) is 18.3 Å². The normalized spacial score (nSPS) is 11.1. The molecular weight excluding hydrogens is 338 g/mol. The van der Waals surface area contributed by atoms with Crippen LogP contribution >= 0.6 is 0 Å². The first kappa shape index (κ1) is 18.9. The molecule has 1 aromatic carbocycles. The number of nitrogens with one attached hydrogen (secondary N) is 3. The van der Waals surface area contributed by atoms with E-state index in [0.717, 1.165) is 37.3 Å². The molecule has 0 saturated carbocycles. The molecule has 0 spiro atoms. The van der Waals surface area contributed by atoms with Crippen molar-refractivity contribution in [2.24, 2.45) is 0 Å². The summed E-state index contributed by atoms with van der Waals surface area (Å²) < 4.78 is 0. The van der Waals surface area contributed by atoms with Gasteiger partial charge < -0.3 is 20.5 Å². The Morgan fingerprint density at radius 2 is 2.04 bits per heavy atom. The molecule has 0 aliphatic rings. The fourth-order valence-electron chi connectivity index (χ4n) is 3.03. The molecule has 0 atom stereocenters. The number of aromatic amines is 1. The van der Waals surface area contributed by atoms with Gasteiger partial charge >= 0.3 is 0 Å².